The third kappa shape index (κ3) is 3.86. The molecule has 4 rings (SSSR count). The highest BCUT2D eigenvalue weighted by Crippen LogP contribution is 2.25. The van der Waals surface area contributed by atoms with Crippen LogP contribution in [0.1, 0.15) is 20.7 Å². The molecule has 0 aliphatic carbocycles. The van der Waals surface area contributed by atoms with Gasteiger partial charge in [-0.15, -0.1) is 11.3 Å². The van der Waals surface area contributed by atoms with Gasteiger partial charge in [0.2, 0.25) is 5.91 Å². The summed E-state index contributed by atoms with van der Waals surface area (Å²) in [6.07, 6.45) is 0. The van der Waals surface area contributed by atoms with Crippen LogP contribution in [0.15, 0.2) is 64.8 Å². The number of thiophene rings is 1. The van der Waals surface area contributed by atoms with Crippen LogP contribution in [-0.4, -0.2) is 32.4 Å². The first kappa shape index (κ1) is 20.9. The summed E-state index contributed by atoms with van der Waals surface area (Å²) in [5.41, 5.74) is 5.44. The first-order chi connectivity index (χ1) is 15.4. The van der Waals surface area contributed by atoms with Crippen LogP contribution in [-0.2, 0) is 11.3 Å². The quantitative estimate of drug-likeness (QED) is 0.413. The maximum atomic E-state index is 13.3. The summed E-state index contributed by atoms with van der Waals surface area (Å²) in [6, 6.07) is 15.0. The predicted octanol–water partition coefficient (Wildman–Crippen LogP) is 2.56. The first-order valence-corrected chi connectivity index (χ1v) is 10.2. The number of anilines is 1. The number of nitrogens with one attached hydrogen (secondary N) is 1. The normalized spacial score (nSPS) is 10.8. The minimum atomic E-state index is -1.26. The molecule has 2 amide bonds. The molecule has 0 bridgehead atoms. The van der Waals surface area contributed by atoms with Gasteiger partial charge in [0.25, 0.3) is 11.5 Å². The summed E-state index contributed by atoms with van der Waals surface area (Å²) in [5.74, 6) is -2.35. The number of carbonyl (C=O) groups is 3. The molecule has 0 spiro atoms. The molecular weight excluding hydrogens is 432 g/mol. The summed E-state index contributed by atoms with van der Waals surface area (Å²) in [6.45, 7) is -0.450. The zero-order valence-corrected chi connectivity index (χ0v) is 17.3. The van der Waals surface area contributed by atoms with Crippen molar-refractivity contribution in [1.82, 2.24) is 9.55 Å². The Morgan fingerprint density at radius 2 is 1.72 bits per heavy atom. The molecular formula is C22H16N4O5S. The van der Waals surface area contributed by atoms with Gasteiger partial charge in [-0.25, -0.2) is 9.78 Å². The zero-order valence-electron chi connectivity index (χ0n) is 16.4. The maximum Gasteiger partial charge on any atom is 0.337 e. The van der Waals surface area contributed by atoms with Gasteiger partial charge in [-0.3, -0.25) is 19.0 Å². The summed E-state index contributed by atoms with van der Waals surface area (Å²) in [7, 11) is 0. The van der Waals surface area contributed by atoms with Crippen molar-refractivity contribution < 1.29 is 19.5 Å². The number of nitrogens with zero attached hydrogens (tertiary/aromatic N) is 2. The number of hydrogen-bond donors (Lipinski definition) is 3. The monoisotopic (exact) mass is 448 g/mol. The highest BCUT2D eigenvalue weighted by molar-refractivity contribution is 7.17. The Bertz CT molecular complexity index is 1430. The molecule has 10 heteroatoms. The van der Waals surface area contributed by atoms with E-state index in [1.54, 1.807) is 42.5 Å². The SMILES string of the molecule is NC(=O)c1ccccc1NC(=O)Cn1c(-c2ccccc2)nc2scc(C(=O)O)c2c1=O. The molecule has 160 valence electrons. The number of nitrogens with two attached hydrogens (primary N) is 1. The van der Waals surface area contributed by atoms with Gasteiger partial charge < -0.3 is 16.2 Å². The Hall–Kier alpha value is -4.31. The number of hydrogen-bond acceptors (Lipinski definition) is 6. The molecule has 2 heterocycles. The first-order valence-electron chi connectivity index (χ1n) is 9.36. The number of fused-ring (bicyclic) bond motifs is 1. The number of para-hydroxylation sites is 1. The van der Waals surface area contributed by atoms with Crippen molar-refractivity contribution in [1.29, 1.82) is 0 Å². The number of rotatable bonds is 6. The van der Waals surface area contributed by atoms with Crippen LogP contribution in [0.2, 0.25) is 0 Å². The molecule has 0 atom stereocenters. The van der Waals surface area contributed by atoms with Crippen LogP contribution < -0.4 is 16.6 Å². The Kier molecular flexibility index (Phi) is 5.52. The van der Waals surface area contributed by atoms with Gasteiger partial charge in [0, 0.05) is 10.9 Å². The minimum Gasteiger partial charge on any atom is -0.478 e. The Balaban J connectivity index is 1.82. The lowest BCUT2D eigenvalue weighted by atomic mass is 10.1. The molecule has 0 radical (unpaired) electrons. The number of aromatic carboxylic acids is 1. The molecule has 0 saturated carbocycles. The number of primary amides is 1. The number of carboxylic acids is 1. The standard InChI is InChI=1S/C22H16N4O5S/c23-18(28)13-8-4-5-9-15(13)24-16(27)10-26-19(12-6-2-1-3-7-12)25-20-17(21(26)29)14(11-32-20)22(30)31/h1-9,11H,10H2,(H2,23,28)(H,24,27)(H,30,31). The number of benzene rings is 2. The van der Waals surface area contributed by atoms with Crippen molar-refractivity contribution in [2.75, 3.05) is 5.32 Å². The van der Waals surface area contributed by atoms with E-state index in [0.717, 1.165) is 15.9 Å². The van der Waals surface area contributed by atoms with Crippen LogP contribution in [0.5, 0.6) is 0 Å². The van der Waals surface area contributed by atoms with Crippen molar-refractivity contribution in [2.45, 2.75) is 6.54 Å². The van der Waals surface area contributed by atoms with E-state index >= 15 is 0 Å². The maximum absolute atomic E-state index is 13.3. The second-order valence-electron chi connectivity index (χ2n) is 6.79. The number of carboxylic acid groups (broad SMARTS) is 1. The average molecular weight is 448 g/mol. The molecule has 0 aliphatic heterocycles. The highest BCUT2D eigenvalue weighted by atomic mass is 32.1. The fourth-order valence-corrected chi connectivity index (χ4v) is 4.18. The van der Waals surface area contributed by atoms with Gasteiger partial charge in [-0.1, -0.05) is 42.5 Å². The second kappa shape index (κ2) is 8.44. The van der Waals surface area contributed by atoms with Gasteiger partial charge in [-0.2, -0.15) is 0 Å². The van der Waals surface area contributed by atoms with E-state index in [-0.39, 0.29) is 32.9 Å². The van der Waals surface area contributed by atoms with Crippen LogP contribution in [0, 0.1) is 0 Å². The molecule has 32 heavy (non-hydrogen) atoms. The molecule has 4 N–H and O–H groups in total. The highest BCUT2D eigenvalue weighted by Gasteiger charge is 2.22. The van der Waals surface area contributed by atoms with Crippen molar-refractivity contribution in [3.05, 3.63) is 81.5 Å². The van der Waals surface area contributed by atoms with Crippen LogP contribution in [0.3, 0.4) is 0 Å². The van der Waals surface area contributed by atoms with Crippen molar-refractivity contribution in [3.63, 3.8) is 0 Å². The third-order valence-corrected chi connectivity index (χ3v) is 5.60. The van der Waals surface area contributed by atoms with Crippen molar-refractivity contribution in [2.24, 2.45) is 5.73 Å². The van der Waals surface area contributed by atoms with E-state index in [9.17, 15) is 24.3 Å². The van der Waals surface area contributed by atoms with Gasteiger partial charge in [0.05, 0.1) is 22.2 Å². The van der Waals surface area contributed by atoms with Gasteiger partial charge in [-0.05, 0) is 12.1 Å². The average Bonchev–Trinajstić information content (AvgIpc) is 3.21. The molecule has 0 fully saturated rings. The Morgan fingerprint density at radius 3 is 2.41 bits per heavy atom. The van der Waals surface area contributed by atoms with E-state index in [0.29, 0.717) is 5.56 Å². The third-order valence-electron chi connectivity index (χ3n) is 4.72. The fraction of sp³-hybridized carbons (Fsp3) is 0.0455. The molecule has 0 saturated heterocycles. The number of aromatic nitrogens is 2. The molecule has 0 unspecified atom stereocenters. The van der Waals surface area contributed by atoms with Gasteiger partial charge in [0.1, 0.15) is 17.2 Å². The molecule has 2 aromatic heterocycles. The number of carbonyl (C=O) groups excluding carboxylic acids is 2. The van der Waals surface area contributed by atoms with E-state index in [2.05, 4.69) is 10.3 Å². The molecule has 0 aliphatic rings. The topological polar surface area (TPSA) is 144 Å². The zero-order chi connectivity index (χ0) is 22.8. The van der Waals surface area contributed by atoms with Crippen LogP contribution in [0.25, 0.3) is 21.6 Å². The van der Waals surface area contributed by atoms with Crippen molar-refractivity contribution >= 4 is 45.0 Å². The van der Waals surface area contributed by atoms with E-state index in [1.807, 2.05) is 0 Å². The Morgan fingerprint density at radius 1 is 1.03 bits per heavy atom. The smallest absolute Gasteiger partial charge is 0.337 e. The van der Waals surface area contributed by atoms with E-state index in [1.165, 1.54) is 17.5 Å². The van der Waals surface area contributed by atoms with Crippen LogP contribution in [0.4, 0.5) is 5.69 Å². The summed E-state index contributed by atoms with van der Waals surface area (Å²) < 4.78 is 1.12. The van der Waals surface area contributed by atoms with E-state index in [4.69, 9.17) is 5.73 Å². The van der Waals surface area contributed by atoms with Gasteiger partial charge >= 0.3 is 5.97 Å². The molecule has 4 aromatic rings. The lowest BCUT2D eigenvalue weighted by molar-refractivity contribution is -0.116. The summed E-state index contributed by atoms with van der Waals surface area (Å²) >= 11 is 1.04. The largest absolute Gasteiger partial charge is 0.478 e. The summed E-state index contributed by atoms with van der Waals surface area (Å²) in [4.78, 5) is 54.0. The lowest BCUT2D eigenvalue weighted by Crippen LogP contribution is -2.30. The van der Waals surface area contributed by atoms with Gasteiger partial charge in [0.15, 0.2) is 0 Å². The predicted molar refractivity (Wildman–Crippen MR) is 120 cm³/mol. The lowest BCUT2D eigenvalue weighted by Gasteiger charge is -2.14. The molecule has 9 nitrogen and oxygen atoms in total. The Labute approximate surface area is 184 Å². The van der Waals surface area contributed by atoms with E-state index < -0.39 is 29.9 Å². The summed E-state index contributed by atoms with van der Waals surface area (Å²) in [5, 5.41) is 13.3. The fourth-order valence-electron chi connectivity index (χ4n) is 3.28. The van der Waals surface area contributed by atoms with Crippen LogP contribution >= 0.6 is 11.3 Å². The second-order valence-corrected chi connectivity index (χ2v) is 7.64. The molecule has 2 aromatic carbocycles. The van der Waals surface area contributed by atoms with Crippen molar-refractivity contribution in [3.8, 4) is 11.4 Å². The minimum absolute atomic E-state index is 0.0625. The number of amides is 2.